The van der Waals surface area contributed by atoms with Gasteiger partial charge in [-0.25, -0.2) is 4.79 Å². The van der Waals surface area contributed by atoms with Crippen LogP contribution in [0.3, 0.4) is 0 Å². The number of anilines is 1. The zero-order valence-corrected chi connectivity index (χ0v) is 14.9. The predicted molar refractivity (Wildman–Crippen MR) is 102 cm³/mol. The number of nitro groups is 1. The SMILES string of the molecule is CCOC(=O)c1ccc2c(c1)[C@H]1C=CC[C@H]1[C@@H](c1ccc([N+](=O)[O-])cc1)N2. The molecule has 2 aromatic rings. The van der Waals surface area contributed by atoms with Crippen LogP contribution in [-0.2, 0) is 4.74 Å². The van der Waals surface area contributed by atoms with Gasteiger partial charge in [0.25, 0.3) is 5.69 Å². The van der Waals surface area contributed by atoms with Crippen molar-refractivity contribution in [3.05, 3.63) is 81.4 Å². The molecule has 6 nitrogen and oxygen atoms in total. The van der Waals surface area contributed by atoms with E-state index >= 15 is 0 Å². The molecule has 1 N–H and O–H groups in total. The molecule has 0 fully saturated rings. The molecule has 0 radical (unpaired) electrons. The Hall–Kier alpha value is -3.15. The minimum absolute atomic E-state index is 0.0618. The summed E-state index contributed by atoms with van der Waals surface area (Å²) in [7, 11) is 0. The van der Waals surface area contributed by atoms with Gasteiger partial charge in [0.05, 0.1) is 23.1 Å². The van der Waals surface area contributed by atoms with Crippen LogP contribution in [0.2, 0.25) is 0 Å². The molecule has 0 bridgehead atoms. The predicted octanol–water partition coefficient (Wildman–Crippen LogP) is 4.60. The number of hydrogen-bond donors (Lipinski definition) is 1. The molecule has 0 spiro atoms. The van der Waals surface area contributed by atoms with Gasteiger partial charge in [0, 0.05) is 23.7 Å². The molecule has 1 heterocycles. The van der Waals surface area contributed by atoms with Gasteiger partial charge < -0.3 is 10.1 Å². The number of rotatable bonds is 4. The van der Waals surface area contributed by atoms with Crippen molar-refractivity contribution in [1.29, 1.82) is 0 Å². The second-order valence-corrected chi connectivity index (χ2v) is 6.85. The van der Waals surface area contributed by atoms with Gasteiger partial charge in [0.15, 0.2) is 0 Å². The van der Waals surface area contributed by atoms with Crippen LogP contribution in [0.25, 0.3) is 0 Å². The molecule has 27 heavy (non-hydrogen) atoms. The first-order valence-electron chi connectivity index (χ1n) is 9.07. The first kappa shape index (κ1) is 17.3. The fourth-order valence-electron chi connectivity index (χ4n) is 4.07. The highest BCUT2D eigenvalue weighted by Crippen LogP contribution is 2.50. The minimum atomic E-state index is -0.385. The van der Waals surface area contributed by atoms with Crippen molar-refractivity contribution in [2.24, 2.45) is 5.92 Å². The molecule has 4 rings (SSSR count). The summed E-state index contributed by atoms with van der Waals surface area (Å²) in [5, 5.41) is 14.5. The number of nitro benzene ring substituents is 1. The molecule has 6 heteroatoms. The summed E-state index contributed by atoms with van der Waals surface area (Å²) in [6.45, 7) is 2.14. The molecule has 0 saturated heterocycles. The van der Waals surface area contributed by atoms with Crippen LogP contribution in [-0.4, -0.2) is 17.5 Å². The molecule has 1 aliphatic heterocycles. The average Bonchev–Trinajstić information content (AvgIpc) is 3.17. The van der Waals surface area contributed by atoms with Gasteiger partial charge in [-0.1, -0.05) is 24.3 Å². The highest BCUT2D eigenvalue weighted by molar-refractivity contribution is 5.90. The summed E-state index contributed by atoms with van der Waals surface area (Å²) < 4.78 is 5.12. The lowest BCUT2D eigenvalue weighted by molar-refractivity contribution is -0.384. The van der Waals surface area contributed by atoms with Gasteiger partial charge >= 0.3 is 5.97 Å². The molecular weight excluding hydrogens is 344 g/mol. The monoisotopic (exact) mass is 364 g/mol. The number of carbonyl (C=O) groups excluding carboxylic acids is 1. The van der Waals surface area contributed by atoms with Crippen LogP contribution in [0.5, 0.6) is 0 Å². The van der Waals surface area contributed by atoms with E-state index in [1.807, 2.05) is 24.3 Å². The van der Waals surface area contributed by atoms with Crippen molar-refractivity contribution >= 4 is 17.3 Å². The summed E-state index contributed by atoms with van der Waals surface area (Å²) in [5.74, 6) is 0.198. The van der Waals surface area contributed by atoms with Crippen LogP contribution in [0.1, 0.15) is 46.8 Å². The van der Waals surface area contributed by atoms with E-state index in [0.29, 0.717) is 18.1 Å². The number of carbonyl (C=O) groups is 1. The van der Waals surface area contributed by atoms with Crippen molar-refractivity contribution in [2.75, 3.05) is 11.9 Å². The lowest BCUT2D eigenvalue weighted by Gasteiger charge is -2.37. The maximum atomic E-state index is 12.1. The third-order valence-electron chi connectivity index (χ3n) is 5.34. The van der Waals surface area contributed by atoms with Gasteiger partial charge in [-0.3, -0.25) is 10.1 Å². The van der Waals surface area contributed by atoms with E-state index in [1.165, 1.54) is 0 Å². The second-order valence-electron chi connectivity index (χ2n) is 6.85. The fourth-order valence-corrected chi connectivity index (χ4v) is 4.07. The molecular formula is C21H20N2O4. The average molecular weight is 364 g/mol. The number of benzene rings is 2. The standard InChI is InChI=1S/C21H20N2O4/c1-2-27-21(24)14-8-11-19-18(12-14)16-4-3-5-17(16)20(22-19)13-6-9-15(10-7-13)23(25)26/h3-4,6-12,16-17,20,22H,2,5H2,1H3/t16-,17+,20+/m0/s1. The summed E-state index contributed by atoms with van der Waals surface area (Å²) in [5.41, 5.74) is 3.76. The first-order chi connectivity index (χ1) is 13.1. The molecule has 1 aliphatic carbocycles. The van der Waals surface area contributed by atoms with Crippen molar-refractivity contribution in [2.45, 2.75) is 25.3 Å². The van der Waals surface area contributed by atoms with E-state index in [-0.39, 0.29) is 28.5 Å². The molecule has 2 aliphatic rings. The van der Waals surface area contributed by atoms with Gasteiger partial charge in [0.1, 0.15) is 0 Å². The Kier molecular flexibility index (Phi) is 4.39. The van der Waals surface area contributed by atoms with Crippen molar-refractivity contribution < 1.29 is 14.5 Å². The Morgan fingerprint density at radius 2 is 2.04 bits per heavy atom. The molecule has 2 aromatic carbocycles. The summed E-state index contributed by atoms with van der Waals surface area (Å²) in [6.07, 6.45) is 5.28. The smallest absolute Gasteiger partial charge is 0.338 e. The third-order valence-corrected chi connectivity index (χ3v) is 5.34. The number of allylic oxidation sites excluding steroid dienone is 2. The fraction of sp³-hybridized carbons (Fsp3) is 0.286. The molecule has 0 unspecified atom stereocenters. The number of non-ortho nitro benzene ring substituents is 1. The van der Waals surface area contributed by atoms with Crippen LogP contribution in [0, 0.1) is 16.0 Å². The van der Waals surface area contributed by atoms with E-state index in [0.717, 1.165) is 23.2 Å². The summed E-state index contributed by atoms with van der Waals surface area (Å²) >= 11 is 0. The van der Waals surface area contributed by atoms with Crippen LogP contribution in [0.4, 0.5) is 11.4 Å². The normalized spacial score (nSPS) is 22.5. The van der Waals surface area contributed by atoms with Crippen LogP contribution in [0.15, 0.2) is 54.6 Å². The highest BCUT2D eigenvalue weighted by Gasteiger charge is 2.38. The Bertz CT molecular complexity index is 920. The molecule has 0 amide bonds. The van der Waals surface area contributed by atoms with Gasteiger partial charge in [-0.15, -0.1) is 0 Å². The summed E-state index contributed by atoms with van der Waals surface area (Å²) in [6, 6.07) is 12.4. The molecule has 0 saturated carbocycles. The highest BCUT2D eigenvalue weighted by atomic mass is 16.6. The van der Waals surface area contributed by atoms with E-state index in [2.05, 4.69) is 17.5 Å². The molecule has 138 valence electrons. The number of hydrogen-bond acceptors (Lipinski definition) is 5. The second kappa shape index (κ2) is 6.87. The first-order valence-corrected chi connectivity index (χ1v) is 9.07. The number of nitrogens with zero attached hydrogens (tertiary/aromatic N) is 1. The van der Waals surface area contributed by atoms with E-state index < -0.39 is 0 Å². The van der Waals surface area contributed by atoms with E-state index in [4.69, 9.17) is 4.74 Å². The van der Waals surface area contributed by atoms with E-state index in [9.17, 15) is 14.9 Å². The quantitative estimate of drug-likeness (QED) is 0.371. The molecule has 3 atom stereocenters. The Morgan fingerprint density at radius 1 is 1.26 bits per heavy atom. The van der Waals surface area contributed by atoms with Gasteiger partial charge in [0.2, 0.25) is 0 Å². The maximum absolute atomic E-state index is 12.1. The third kappa shape index (κ3) is 3.07. The zero-order chi connectivity index (χ0) is 19.0. The largest absolute Gasteiger partial charge is 0.462 e. The van der Waals surface area contributed by atoms with Crippen molar-refractivity contribution in [3.8, 4) is 0 Å². The number of esters is 1. The maximum Gasteiger partial charge on any atom is 0.338 e. The summed E-state index contributed by atoms with van der Waals surface area (Å²) in [4.78, 5) is 22.6. The lowest BCUT2D eigenvalue weighted by Crippen LogP contribution is -2.29. The van der Waals surface area contributed by atoms with Crippen LogP contribution >= 0.6 is 0 Å². The van der Waals surface area contributed by atoms with Crippen molar-refractivity contribution in [3.63, 3.8) is 0 Å². The van der Waals surface area contributed by atoms with Crippen LogP contribution < -0.4 is 5.32 Å². The van der Waals surface area contributed by atoms with Gasteiger partial charge in [-0.2, -0.15) is 0 Å². The minimum Gasteiger partial charge on any atom is -0.462 e. The van der Waals surface area contributed by atoms with Crippen molar-refractivity contribution in [1.82, 2.24) is 0 Å². The zero-order valence-electron chi connectivity index (χ0n) is 14.9. The Morgan fingerprint density at radius 3 is 2.74 bits per heavy atom. The topological polar surface area (TPSA) is 81.5 Å². The molecule has 0 aromatic heterocycles. The number of ether oxygens (including phenoxy) is 1. The number of nitrogens with one attached hydrogen (secondary N) is 1. The van der Waals surface area contributed by atoms with Gasteiger partial charge in [-0.05, 0) is 48.6 Å². The lowest BCUT2D eigenvalue weighted by atomic mass is 9.76. The Balaban J connectivity index is 1.68. The van der Waals surface area contributed by atoms with E-state index in [1.54, 1.807) is 25.1 Å². The number of fused-ring (bicyclic) bond motifs is 3. The Labute approximate surface area is 157 Å².